The fraction of sp³-hybridized carbons (Fsp3) is 0.857. The van der Waals surface area contributed by atoms with E-state index in [0.29, 0.717) is 25.8 Å². The average Bonchev–Trinajstić information content (AvgIpc) is 3.18. The topological polar surface area (TPSA) is 104 Å². The molecule has 22 heavy (non-hydrogen) atoms. The monoisotopic (exact) mass is 332 g/mol. The molecule has 2 amide bonds. The summed E-state index contributed by atoms with van der Waals surface area (Å²) in [5.41, 5.74) is 0. The summed E-state index contributed by atoms with van der Waals surface area (Å²) in [6.45, 7) is 4.28. The second-order valence-electron chi connectivity index (χ2n) is 6.79. The highest BCUT2D eigenvalue weighted by Crippen LogP contribution is 2.46. The molecule has 0 aromatic carbocycles. The highest BCUT2D eigenvalue weighted by molar-refractivity contribution is 7.92. The van der Waals surface area contributed by atoms with Crippen molar-refractivity contribution in [3.63, 3.8) is 0 Å². The minimum Gasteiger partial charge on any atom is -0.481 e. The Kier molecular flexibility index (Phi) is 4.43. The van der Waals surface area contributed by atoms with Crippen molar-refractivity contribution in [3.05, 3.63) is 0 Å². The number of likely N-dealkylation sites (tertiary alicyclic amines) is 1. The first-order valence-corrected chi connectivity index (χ1v) is 9.44. The van der Waals surface area contributed by atoms with Gasteiger partial charge in [0, 0.05) is 25.4 Å². The number of piperidine rings is 1. The lowest BCUT2D eigenvalue weighted by Gasteiger charge is -2.36. The maximum atomic E-state index is 12.4. The second-order valence-corrected chi connectivity index (χ2v) is 9.15. The van der Waals surface area contributed by atoms with Gasteiger partial charge in [0.05, 0.1) is 10.7 Å². The van der Waals surface area contributed by atoms with Crippen LogP contribution in [0.15, 0.2) is 0 Å². The van der Waals surface area contributed by atoms with Crippen LogP contribution in [0, 0.1) is 11.8 Å². The molecule has 1 saturated carbocycles. The van der Waals surface area contributed by atoms with Gasteiger partial charge in [-0.15, -0.1) is 0 Å². The first-order valence-electron chi connectivity index (χ1n) is 7.54. The van der Waals surface area contributed by atoms with Gasteiger partial charge < -0.3 is 15.3 Å². The Morgan fingerprint density at radius 2 is 1.91 bits per heavy atom. The highest BCUT2D eigenvalue weighted by atomic mass is 32.2. The summed E-state index contributed by atoms with van der Waals surface area (Å²) in [5.74, 6) is -1.34. The Bertz CT molecular complexity index is 570. The van der Waals surface area contributed by atoms with E-state index in [0.717, 1.165) is 0 Å². The van der Waals surface area contributed by atoms with Crippen molar-refractivity contribution in [1.29, 1.82) is 0 Å². The van der Waals surface area contributed by atoms with Crippen molar-refractivity contribution in [2.75, 3.05) is 19.3 Å². The number of carbonyl (C=O) groups excluding carboxylic acids is 1. The van der Waals surface area contributed by atoms with Gasteiger partial charge in [-0.25, -0.2) is 13.2 Å². The second kappa shape index (κ2) is 5.72. The van der Waals surface area contributed by atoms with E-state index in [1.54, 1.807) is 6.92 Å². The Morgan fingerprint density at radius 3 is 2.36 bits per heavy atom. The molecular formula is C14H24N2O5S. The van der Waals surface area contributed by atoms with Crippen LogP contribution >= 0.6 is 0 Å². The van der Waals surface area contributed by atoms with E-state index in [-0.39, 0.29) is 18.5 Å². The molecule has 0 spiro atoms. The largest absolute Gasteiger partial charge is 0.481 e. The molecule has 2 rings (SSSR count). The summed E-state index contributed by atoms with van der Waals surface area (Å²) in [6, 6.07) is -0.851. The normalized spacial score (nSPS) is 28.8. The smallest absolute Gasteiger partial charge is 0.317 e. The lowest BCUT2D eigenvalue weighted by molar-refractivity contribution is -0.143. The van der Waals surface area contributed by atoms with Crippen LogP contribution in [0.25, 0.3) is 0 Å². The molecule has 0 bridgehead atoms. The third-order valence-electron chi connectivity index (χ3n) is 4.91. The molecule has 1 saturated heterocycles. The van der Waals surface area contributed by atoms with Crippen molar-refractivity contribution in [3.8, 4) is 0 Å². The average molecular weight is 332 g/mol. The zero-order valence-corrected chi connectivity index (χ0v) is 14.0. The third-order valence-corrected chi connectivity index (χ3v) is 7.15. The minimum atomic E-state index is -3.23. The van der Waals surface area contributed by atoms with Crippen molar-refractivity contribution in [2.24, 2.45) is 11.8 Å². The lowest BCUT2D eigenvalue weighted by Crippen LogP contribution is -2.54. The summed E-state index contributed by atoms with van der Waals surface area (Å²) in [4.78, 5) is 25.0. The van der Waals surface area contributed by atoms with Crippen molar-refractivity contribution >= 4 is 21.8 Å². The van der Waals surface area contributed by atoms with Crippen molar-refractivity contribution < 1.29 is 23.1 Å². The van der Waals surface area contributed by atoms with E-state index >= 15 is 0 Å². The van der Waals surface area contributed by atoms with Gasteiger partial charge in [0.1, 0.15) is 0 Å². The molecule has 1 aliphatic heterocycles. The number of urea groups is 1. The molecule has 8 heteroatoms. The van der Waals surface area contributed by atoms with Crippen LogP contribution in [-0.4, -0.2) is 60.6 Å². The maximum Gasteiger partial charge on any atom is 0.317 e. The molecule has 2 fully saturated rings. The quantitative estimate of drug-likeness (QED) is 0.789. The number of carboxylic acid groups (broad SMARTS) is 1. The van der Waals surface area contributed by atoms with Crippen LogP contribution < -0.4 is 5.32 Å². The SMILES string of the molecule is CC1CC(C(=O)O)CN(C(=O)NC(C)C2(S(C)(=O)=O)CC2)C1. The van der Waals surface area contributed by atoms with Crippen LogP contribution in [0.5, 0.6) is 0 Å². The first kappa shape index (κ1) is 17.1. The van der Waals surface area contributed by atoms with E-state index in [1.165, 1.54) is 11.2 Å². The van der Waals surface area contributed by atoms with Crippen molar-refractivity contribution in [2.45, 2.75) is 43.9 Å². The van der Waals surface area contributed by atoms with Gasteiger partial charge in [0.15, 0.2) is 9.84 Å². The Morgan fingerprint density at radius 1 is 1.32 bits per heavy atom. The van der Waals surface area contributed by atoms with Gasteiger partial charge in [-0.05, 0) is 32.1 Å². The van der Waals surface area contributed by atoms with Gasteiger partial charge in [0.2, 0.25) is 0 Å². The zero-order valence-electron chi connectivity index (χ0n) is 13.2. The fourth-order valence-corrected chi connectivity index (χ4v) is 4.90. The van der Waals surface area contributed by atoms with E-state index < -0.39 is 32.5 Å². The molecule has 0 radical (unpaired) electrons. The number of carboxylic acids is 1. The van der Waals surface area contributed by atoms with E-state index in [1.807, 2.05) is 6.92 Å². The standard InChI is InChI=1S/C14H24N2O5S/c1-9-6-11(12(17)18)8-16(7-9)13(19)15-10(2)14(4-5-14)22(3,20)21/h9-11H,4-8H2,1-3H3,(H,15,19)(H,17,18). The molecule has 0 aromatic heterocycles. The van der Waals surface area contributed by atoms with E-state index in [2.05, 4.69) is 5.32 Å². The maximum absolute atomic E-state index is 12.4. The number of rotatable bonds is 4. The Balaban J connectivity index is 2.01. The minimum absolute atomic E-state index is 0.112. The number of hydrogen-bond donors (Lipinski definition) is 2. The third kappa shape index (κ3) is 3.21. The summed E-state index contributed by atoms with van der Waals surface area (Å²) in [5, 5.41) is 11.9. The van der Waals surface area contributed by atoms with Gasteiger partial charge in [-0.3, -0.25) is 4.79 Å². The van der Waals surface area contributed by atoms with E-state index in [4.69, 9.17) is 5.11 Å². The van der Waals surface area contributed by atoms with Crippen LogP contribution in [0.2, 0.25) is 0 Å². The molecule has 126 valence electrons. The highest BCUT2D eigenvalue weighted by Gasteiger charge is 2.56. The summed E-state index contributed by atoms with van der Waals surface area (Å²) in [7, 11) is -3.23. The van der Waals surface area contributed by atoms with Crippen LogP contribution in [0.3, 0.4) is 0 Å². The predicted molar refractivity (Wildman–Crippen MR) is 81.3 cm³/mol. The Labute approximate surface area is 131 Å². The Hall–Kier alpha value is -1.31. The van der Waals surface area contributed by atoms with Gasteiger partial charge >= 0.3 is 12.0 Å². The molecule has 2 N–H and O–H groups in total. The number of amides is 2. The van der Waals surface area contributed by atoms with Gasteiger partial charge in [-0.1, -0.05) is 6.92 Å². The predicted octanol–water partition coefficient (Wildman–Crippen LogP) is 0.704. The number of nitrogens with one attached hydrogen (secondary N) is 1. The van der Waals surface area contributed by atoms with Crippen LogP contribution in [-0.2, 0) is 14.6 Å². The lowest BCUT2D eigenvalue weighted by atomic mass is 9.91. The molecule has 0 aromatic rings. The van der Waals surface area contributed by atoms with E-state index in [9.17, 15) is 18.0 Å². The van der Waals surface area contributed by atoms with Crippen LogP contribution in [0.1, 0.15) is 33.1 Å². The molecular weight excluding hydrogens is 308 g/mol. The van der Waals surface area contributed by atoms with Gasteiger partial charge in [0.25, 0.3) is 0 Å². The number of hydrogen-bond acceptors (Lipinski definition) is 4. The number of sulfone groups is 1. The molecule has 1 aliphatic carbocycles. The summed E-state index contributed by atoms with van der Waals surface area (Å²) >= 11 is 0. The molecule has 3 atom stereocenters. The summed E-state index contributed by atoms with van der Waals surface area (Å²) < 4.78 is 22.9. The zero-order chi connectivity index (χ0) is 16.7. The number of nitrogens with zero attached hydrogens (tertiary/aromatic N) is 1. The summed E-state index contributed by atoms with van der Waals surface area (Å²) in [6.07, 6.45) is 2.87. The van der Waals surface area contributed by atoms with Crippen LogP contribution in [0.4, 0.5) is 4.79 Å². The molecule has 7 nitrogen and oxygen atoms in total. The first-order chi connectivity index (χ1) is 10.1. The number of carbonyl (C=O) groups is 2. The fourth-order valence-electron chi connectivity index (χ4n) is 3.35. The van der Waals surface area contributed by atoms with Gasteiger partial charge in [-0.2, -0.15) is 0 Å². The van der Waals surface area contributed by atoms with Crippen molar-refractivity contribution in [1.82, 2.24) is 10.2 Å². The molecule has 3 unspecified atom stereocenters. The number of aliphatic carboxylic acids is 1. The molecule has 2 aliphatic rings. The molecule has 1 heterocycles.